The summed E-state index contributed by atoms with van der Waals surface area (Å²) in [6.07, 6.45) is 1.51. The number of halogens is 2. The fourth-order valence-corrected chi connectivity index (χ4v) is 2.25. The highest BCUT2D eigenvalue weighted by Gasteiger charge is 2.11. The summed E-state index contributed by atoms with van der Waals surface area (Å²) >= 11 is 3.21. The van der Waals surface area contributed by atoms with Crippen LogP contribution < -0.4 is 10.5 Å². The van der Waals surface area contributed by atoms with E-state index in [2.05, 4.69) is 20.9 Å². The zero-order chi connectivity index (χ0) is 14.1. The summed E-state index contributed by atoms with van der Waals surface area (Å²) in [5, 5.41) is 0.745. The molecular formula is C15H10BrFN2O. The number of nitrogen functional groups attached to an aromatic ring is 1. The molecule has 20 heavy (non-hydrogen) atoms. The minimum Gasteiger partial charge on any atom is -0.451 e. The smallest absolute Gasteiger partial charge is 0.166 e. The lowest BCUT2D eigenvalue weighted by atomic mass is 10.2. The van der Waals surface area contributed by atoms with Crippen molar-refractivity contribution in [1.82, 2.24) is 4.98 Å². The number of ether oxygens (including phenoxy) is 1. The number of fused-ring (bicyclic) bond motifs is 1. The van der Waals surface area contributed by atoms with Crippen molar-refractivity contribution in [3.05, 3.63) is 59.0 Å². The molecule has 100 valence electrons. The topological polar surface area (TPSA) is 48.1 Å². The molecule has 0 fully saturated rings. The Kier molecular flexibility index (Phi) is 3.28. The van der Waals surface area contributed by atoms with Crippen molar-refractivity contribution < 1.29 is 9.13 Å². The van der Waals surface area contributed by atoms with E-state index in [4.69, 9.17) is 10.5 Å². The van der Waals surface area contributed by atoms with E-state index in [0.717, 1.165) is 10.9 Å². The number of benzene rings is 2. The third kappa shape index (κ3) is 2.32. The number of pyridine rings is 1. The van der Waals surface area contributed by atoms with Gasteiger partial charge < -0.3 is 10.5 Å². The van der Waals surface area contributed by atoms with Crippen LogP contribution in [0.4, 0.5) is 10.1 Å². The van der Waals surface area contributed by atoms with Gasteiger partial charge in [-0.05, 0) is 30.3 Å². The number of hydrogen-bond donors (Lipinski definition) is 1. The first-order valence-corrected chi connectivity index (χ1v) is 6.70. The average Bonchev–Trinajstić information content (AvgIpc) is 2.44. The summed E-state index contributed by atoms with van der Waals surface area (Å²) in [4.78, 5) is 4.21. The van der Waals surface area contributed by atoms with Crippen LogP contribution in [0.3, 0.4) is 0 Å². The van der Waals surface area contributed by atoms with E-state index < -0.39 is 5.82 Å². The largest absolute Gasteiger partial charge is 0.451 e. The minimum absolute atomic E-state index is 0.122. The molecule has 0 aliphatic carbocycles. The van der Waals surface area contributed by atoms with E-state index in [1.54, 1.807) is 12.1 Å². The molecule has 0 aliphatic rings. The standard InChI is InChI=1S/C15H10BrFN2O/c16-9-5-6-14(11(17)7-9)20-15-10-3-1-2-4-13(10)19-8-12(15)18/h1-8H,18H2. The van der Waals surface area contributed by atoms with Gasteiger partial charge in [0.25, 0.3) is 0 Å². The van der Waals surface area contributed by atoms with Gasteiger partial charge in [0.1, 0.15) is 0 Å². The summed E-state index contributed by atoms with van der Waals surface area (Å²) in [6.45, 7) is 0. The maximum atomic E-state index is 13.9. The number of rotatable bonds is 2. The molecule has 0 amide bonds. The number of anilines is 1. The van der Waals surface area contributed by atoms with Crippen LogP contribution in [0.2, 0.25) is 0 Å². The molecule has 2 N–H and O–H groups in total. The summed E-state index contributed by atoms with van der Waals surface area (Å²) in [5.74, 6) is 0.0766. The van der Waals surface area contributed by atoms with E-state index in [1.807, 2.05) is 24.3 Å². The first-order valence-electron chi connectivity index (χ1n) is 5.91. The number of aromatic nitrogens is 1. The first kappa shape index (κ1) is 12.9. The third-order valence-corrected chi connectivity index (χ3v) is 3.35. The molecular weight excluding hydrogens is 323 g/mol. The summed E-state index contributed by atoms with van der Waals surface area (Å²) in [7, 11) is 0. The van der Waals surface area contributed by atoms with Gasteiger partial charge in [-0.15, -0.1) is 0 Å². The van der Waals surface area contributed by atoms with E-state index >= 15 is 0 Å². The van der Waals surface area contributed by atoms with Crippen molar-refractivity contribution in [1.29, 1.82) is 0 Å². The molecule has 3 rings (SSSR count). The van der Waals surface area contributed by atoms with Crippen molar-refractivity contribution in [3.63, 3.8) is 0 Å². The van der Waals surface area contributed by atoms with Gasteiger partial charge in [-0.3, -0.25) is 4.98 Å². The maximum absolute atomic E-state index is 13.9. The molecule has 0 radical (unpaired) electrons. The molecule has 0 saturated heterocycles. The normalized spacial score (nSPS) is 10.7. The summed E-state index contributed by atoms with van der Waals surface area (Å²) < 4.78 is 20.2. The second-order valence-corrected chi connectivity index (χ2v) is 5.15. The fourth-order valence-electron chi connectivity index (χ4n) is 1.91. The molecule has 1 aromatic heterocycles. The van der Waals surface area contributed by atoms with Crippen molar-refractivity contribution in [2.24, 2.45) is 0 Å². The summed E-state index contributed by atoms with van der Waals surface area (Å²) in [5.41, 5.74) is 7.01. The van der Waals surface area contributed by atoms with Crippen LogP contribution in [0, 0.1) is 5.82 Å². The monoisotopic (exact) mass is 332 g/mol. The molecule has 0 bridgehead atoms. The van der Waals surface area contributed by atoms with Crippen LogP contribution in [-0.4, -0.2) is 4.98 Å². The Balaban J connectivity index is 2.12. The highest BCUT2D eigenvalue weighted by atomic mass is 79.9. The van der Waals surface area contributed by atoms with Crippen LogP contribution in [0.5, 0.6) is 11.5 Å². The van der Waals surface area contributed by atoms with Gasteiger partial charge in [0.15, 0.2) is 17.3 Å². The number of hydrogen-bond acceptors (Lipinski definition) is 3. The Bertz CT molecular complexity index is 792. The zero-order valence-corrected chi connectivity index (χ0v) is 11.9. The summed E-state index contributed by atoms with van der Waals surface area (Å²) in [6, 6.07) is 12.0. The highest BCUT2D eigenvalue weighted by molar-refractivity contribution is 9.10. The SMILES string of the molecule is Nc1cnc2ccccc2c1Oc1ccc(Br)cc1F. The van der Waals surface area contributed by atoms with E-state index in [0.29, 0.717) is 15.9 Å². The fraction of sp³-hybridized carbons (Fsp3) is 0. The van der Waals surface area contributed by atoms with Gasteiger partial charge in [-0.2, -0.15) is 0 Å². The first-order chi connectivity index (χ1) is 9.65. The molecule has 0 spiro atoms. The molecule has 1 heterocycles. The second-order valence-electron chi connectivity index (χ2n) is 4.24. The molecule has 0 unspecified atom stereocenters. The van der Waals surface area contributed by atoms with E-state index in [-0.39, 0.29) is 5.75 Å². The second kappa shape index (κ2) is 5.09. The highest BCUT2D eigenvalue weighted by Crippen LogP contribution is 2.35. The van der Waals surface area contributed by atoms with Gasteiger partial charge in [0.2, 0.25) is 0 Å². The Morgan fingerprint density at radius 3 is 2.75 bits per heavy atom. The third-order valence-electron chi connectivity index (χ3n) is 2.86. The van der Waals surface area contributed by atoms with Gasteiger partial charge in [-0.25, -0.2) is 4.39 Å². The molecule has 0 aliphatic heterocycles. The zero-order valence-electron chi connectivity index (χ0n) is 10.3. The number of nitrogens with two attached hydrogens (primary N) is 1. The molecule has 3 nitrogen and oxygen atoms in total. The van der Waals surface area contributed by atoms with Gasteiger partial charge in [-0.1, -0.05) is 28.1 Å². The molecule has 2 aromatic carbocycles. The quantitative estimate of drug-likeness (QED) is 0.751. The Labute approximate surface area is 123 Å². The Hall–Kier alpha value is -2.14. The minimum atomic E-state index is -0.459. The van der Waals surface area contributed by atoms with Crippen LogP contribution in [0.15, 0.2) is 53.1 Å². The van der Waals surface area contributed by atoms with Crippen LogP contribution in [0.1, 0.15) is 0 Å². The van der Waals surface area contributed by atoms with Crippen molar-refractivity contribution >= 4 is 32.5 Å². The molecule has 0 atom stereocenters. The number of nitrogens with zero attached hydrogens (tertiary/aromatic N) is 1. The molecule has 0 saturated carbocycles. The Morgan fingerprint density at radius 2 is 1.95 bits per heavy atom. The van der Waals surface area contributed by atoms with E-state index in [9.17, 15) is 4.39 Å². The predicted octanol–water partition coefficient (Wildman–Crippen LogP) is 4.51. The Morgan fingerprint density at radius 1 is 1.15 bits per heavy atom. The average molecular weight is 333 g/mol. The lowest BCUT2D eigenvalue weighted by molar-refractivity contribution is 0.447. The van der Waals surface area contributed by atoms with Crippen LogP contribution >= 0.6 is 15.9 Å². The lowest BCUT2D eigenvalue weighted by Gasteiger charge is -2.11. The van der Waals surface area contributed by atoms with Crippen molar-refractivity contribution in [2.45, 2.75) is 0 Å². The van der Waals surface area contributed by atoms with Gasteiger partial charge >= 0.3 is 0 Å². The van der Waals surface area contributed by atoms with Crippen LogP contribution in [-0.2, 0) is 0 Å². The van der Waals surface area contributed by atoms with Crippen LogP contribution in [0.25, 0.3) is 10.9 Å². The molecule has 5 heteroatoms. The predicted molar refractivity (Wildman–Crippen MR) is 80.3 cm³/mol. The van der Waals surface area contributed by atoms with Gasteiger partial charge in [0, 0.05) is 9.86 Å². The maximum Gasteiger partial charge on any atom is 0.166 e. The molecule has 3 aromatic rings. The number of para-hydroxylation sites is 1. The van der Waals surface area contributed by atoms with Crippen molar-refractivity contribution in [2.75, 3.05) is 5.73 Å². The lowest BCUT2D eigenvalue weighted by Crippen LogP contribution is -1.96. The van der Waals surface area contributed by atoms with Gasteiger partial charge in [0.05, 0.1) is 17.4 Å². The van der Waals surface area contributed by atoms with Crippen molar-refractivity contribution in [3.8, 4) is 11.5 Å². The van der Waals surface area contributed by atoms with E-state index in [1.165, 1.54) is 12.3 Å².